The Morgan fingerprint density at radius 2 is 0.886 bits per heavy atom. The first-order valence-electron chi connectivity index (χ1n) is 12.6. The predicted octanol–water partition coefficient (Wildman–Crippen LogP) is 5.18. The first kappa shape index (κ1) is 30.0. The summed E-state index contributed by atoms with van der Waals surface area (Å²) in [6.45, 7) is 0. The molecule has 4 rings (SSSR count). The average molecular weight is 577 g/mol. The van der Waals surface area contributed by atoms with Gasteiger partial charge in [0.2, 0.25) is 0 Å². The van der Waals surface area contributed by atoms with Crippen molar-refractivity contribution < 1.29 is 29.4 Å². The molecule has 0 bridgehead atoms. The van der Waals surface area contributed by atoms with Crippen LogP contribution in [0.3, 0.4) is 0 Å². The molecule has 0 saturated carbocycles. The summed E-state index contributed by atoms with van der Waals surface area (Å²) < 4.78 is 0. The van der Waals surface area contributed by atoms with Gasteiger partial charge >= 0.3 is 11.9 Å². The second kappa shape index (κ2) is 12.7. The third-order valence-electron chi connectivity index (χ3n) is 6.50. The smallest absolute Gasteiger partial charge is 0.336 e. The molecule has 210 valence electrons. The van der Waals surface area contributed by atoms with E-state index in [1.54, 1.807) is 24.3 Å². The van der Waals surface area contributed by atoms with E-state index in [0.29, 0.717) is 33.4 Å². The maximum Gasteiger partial charge on any atom is 0.336 e. The lowest BCUT2D eigenvalue weighted by molar-refractivity contribution is 0.0683. The minimum Gasteiger partial charge on any atom is -0.478 e. The molecule has 0 aliphatic carbocycles. The Balaban J connectivity index is 1.78. The fourth-order valence-corrected chi connectivity index (χ4v) is 4.30. The largest absolute Gasteiger partial charge is 0.478 e. The lowest BCUT2D eigenvalue weighted by atomic mass is 9.95. The van der Waals surface area contributed by atoms with Crippen molar-refractivity contribution in [1.82, 2.24) is 0 Å². The Bertz CT molecular complexity index is 1910. The van der Waals surface area contributed by atoms with Crippen LogP contribution in [0.4, 0.5) is 11.4 Å². The second-order valence-electron chi connectivity index (χ2n) is 9.14. The third kappa shape index (κ3) is 6.17. The van der Waals surface area contributed by atoms with E-state index in [1.165, 1.54) is 48.5 Å². The molecule has 0 aromatic heterocycles. The van der Waals surface area contributed by atoms with Crippen LogP contribution in [0.15, 0.2) is 72.8 Å². The molecule has 0 aliphatic heterocycles. The van der Waals surface area contributed by atoms with Crippen molar-refractivity contribution in [2.24, 2.45) is 0 Å². The maximum absolute atomic E-state index is 13.4. The Hall–Kier alpha value is -7.00. The lowest BCUT2D eigenvalue weighted by Crippen LogP contribution is -2.18. The van der Waals surface area contributed by atoms with Gasteiger partial charge in [0.1, 0.15) is 0 Å². The van der Waals surface area contributed by atoms with E-state index in [4.69, 9.17) is 25.7 Å². The predicted molar refractivity (Wildman–Crippen MR) is 166 cm³/mol. The van der Waals surface area contributed by atoms with Gasteiger partial charge in [-0.15, -0.1) is 25.7 Å². The van der Waals surface area contributed by atoms with Gasteiger partial charge < -0.3 is 20.8 Å². The van der Waals surface area contributed by atoms with Gasteiger partial charge in [0, 0.05) is 22.3 Å². The van der Waals surface area contributed by atoms with Crippen LogP contribution in [0.1, 0.15) is 63.7 Å². The molecule has 44 heavy (non-hydrogen) atoms. The quantitative estimate of drug-likeness (QED) is 0.224. The topological polar surface area (TPSA) is 133 Å². The van der Waals surface area contributed by atoms with Crippen molar-refractivity contribution in [2.75, 3.05) is 10.6 Å². The molecule has 0 aliphatic rings. The highest BCUT2D eigenvalue weighted by Crippen LogP contribution is 2.28. The standard InChI is InChI=1S/C36H20N2O6/c1-5-21-9-11-23(7-3)31(17-21)37-33(39)29-19-25(13-15-27(29)35(41)42)26-14-16-28(36(43)44)30(20-26)34(40)38-32-18-22(6-2)10-12-24(32)8-4/h1-4,9-20H,(H,37,39)(H,38,40)(H,41,42)(H,43,44). The highest BCUT2D eigenvalue weighted by atomic mass is 16.4. The first-order valence-corrected chi connectivity index (χ1v) is 12.6. The Morgan fingerprint density at radius 1 is 0.500 bits per heavy atom. The van der Waals surface area contributed by atoms with Gasteiger partial charge in [-0.2, -0.15) is 0 Å². The molecular formula is C36H20N2O6. The SMILES string of the molecule is C#Cc1ccc(C#C)c(NC(=O)c2cc(-c3ccc(C(=O)O)c(C(=O)Nc4cc(C#C)ccc4C#C)c3)ccc2C(=O)O)c1. The number of amides is 2. The van der Waals surface area contributed by atoms with Crippen molar-refractivity contribution >= 4 is 35.1 Å². The minimum atomic E-state index is -1.36. The van der Waals surface area contributed by atoms with Crippen molar-refractivity contribution in [3.63, 3.8) is 0 Å². The van der Waals surface area contributed by atoms with Crippen molar-refractivity contribution in [3.05, 3.63) is 117 Å². The molecule has 8 heteroatoms. The minimum absolute atomic E-state index is 0.208. The molecule has 4 aromatic rings. The summed E-state index contributed by atoms with van der Waals surface area (Å²) in [5.41, 5.74) is 1.53. The molecule has 8 nitrogen and oxygen atoms in total. The van der Waals surface area contributed by atoms with E-state index in [0.717, 1.165) is 0 Å². The first-order chi connectivity index (χ1) is 21.1. The number of carbonyl (C=O) groups excluding carboxylic acids is 2. The molecule has 0 spiro atoms. The average Bonchev–Trinajstić information content (AvgIpc) is 3.03. The van der Waals surface area contributed by atoms with Crippen LogP contribution in [0.5, 0.6) is 0 Å². The number of benzene rings is 4. The van der Waals surface area contributed by atoms with E-state index < -0.39 is 23.8 Å². The molecule has 0 radical (unpaired) electrons. The molecule has 0 atom stereocenters. The number of rotatable bonds is 7. The monoisotopic (exact) mass is 576 g/mol. The van der Waals surface area contributed by atoms with E-state index >= 15 is 0 Å². The zero-order valence-corrected chi connectivity index (χ0v) is 22.8. The molecule has 0 heterocycles. The van der Waals surface area contributed by atoms with Gasteiger partial charge in [-0.1, -0.05) is 35.8 Å². The number of carboxylic acid groups (broad SMARTS) is 2. The summed E-state index contributed by atoms with van der Waals surface area (Å²) >= 11 is 0. The van der Waals surface area contributed by atoms with Crippen molar-refractivity contribution in [3.8, 4) is 60.5 Å². The lowest BCUT2D eigenvalue weighted by Gasteiger charge is -2.14. The Labute approximate surface area is 252 Å². The summed E-state index contributed by atoms with van der Waals surface area (Å²) in [6, 6.07) is 17.2. The van der Waals surface area contributed by atoms with Crippen LogP contribution in [0.25, 0.3) is 11.1 Å². The van der Waals surface area contributed by atoms with Gasteiger partial charge in [-0.3, -0.25) is 9.59 Å². The van der Waals surface area contributed by atoms with E-state index in [-0.39, 0.29) is 33.6 Å². The number of terminal acetylenes is 4. The molecular weight excluding hydrogens is 556 g/mol. The number of hydrogen-bond donors (Lipinski definition) is 4. The fourth-order valence-electron chi connectivity index (χ4n) is 4.30. The highest BCUT2D eigenvalue weighted by Gasteiger charge is 2.22. The number of anilines is 2. The van der Waals surface area contributed by atoms with Crippen LogP contribution in [0, 0.1) is 49.4 Å². The third-order valence-corrected chi connectivity index (χ3v) is 6.50. The van der Waals surface area contributed by atoms with Gasteiger partial charge in [-0.05, 0) is 71.8 Å². The summed E-state index contributed by atoms with van der Waals surface area (Å²) in [6.07, 6.45) is 22.0. The van der Waals surface area contributed by atoms with Crippen LogP contribution in [0.2, 0.25) is 0 Å². The second-order valence-corrected chi connectivity index (χ2v) is 9.14. The molecule has 4 aromatic carbocycles. The number of hydrogen-bond acceptors (Lipinski definition) is 4. The molecule has 4 N–H and O–H groups in total. The van der Waals surface area contributed by atoms with E-state index in [2.05, 4.69) is 34.3 Å². The summed E-state index contributed by atoms with van der Waals surface area (Å²) in [7, 11) is 0. The number of carbonyl (C=O) groups is 4. The molecule has 0 saturated heterocycles. The van der Waals surface area contributed by atoms with Crippen LogP contribution in [-0.4, -0.2) is 34.0 Å². The number of nitrogens with one attached hydrogen (secondary N) is 2. The van der Waals surface area contributed by atoms with Gasteiger partial charge in [0.25, 0.3) is 11.8 Å². The molecule has 0 unspecified atom stereocenters. The molecule has 0 fully saturated rings. The number of carboxylic acids is 2. The number of aromatic carboxylic acids is 2. The van der Waals surface area contributed by atoms with E-state index in [9.17, 15) is 29.4 Å². The molecule has 2 amide bonds. The fraction of sp³-hybridized carbons (Fsp3) is 0. The van der Waals surface area contributed by atoms with E-state index in [1.807, 2.05) is 0 Å². The van der Waals surface area contributed by atoms with Crippen LogP contribution >= 0.6 is 0 Å². The van der Waals surface area contributed by atoms with Crippen molar-refractivity contribution in [1.29, 1.82) is 0 Å². The summed E-state index contributed by atoms with van der Waals surface area (Å²) in [5.74, 6) is 5.44. The van der Waals surface area contributed by atoms with Gasteiger partial charge in [0.05, 0.1) is 33.6 Å². The Morgan fingerprint density at radius 3 is 1.20 bits per heavy atom. The van der Waals surface area contributed by atoms with Crippen molar-refractivity contribution in [2.45, 2.75) is 0 Å². The van der Waals surface area contributed by atoms with Crippen LogP contribution < -0.4 is 10.6 Å². The van der Waals surface area contributed by atoms with Gasteiger partial charge in [0.15, 0.2) is 0 Å². The van der Waals surface area contributed by atoms with Crippen LogP contribution in [-0.2, 0) is 0 Å². The summed E-state index contributed by atoms with van der Waals surface area (Å²) in [4.78, 5) is 50.7. The highest BCUT2D eigenvalue weighted by molar-refractivity contribution is 6.13. The zero-order chi connectivity index (χ0) is 32.0. The summed E-state index contributed by atoms with van der Waals surface area (Å²) in [5, 5.41) is 24.8. The maximum atomic E-state index is 13.4. The Kier molecular flexibility index (Phi) is 8.63. The normalized spacial score (nSPS) is 9.82. The van der Waals surface area contributed by atoms with Gasteiger partial charge in [-0.25, -0.2) is 9.59 Å². The zero-order valence-electron chi connectivity index (χ0n) is 22.8.